The molecule has 4 rings (SSSR count). The zero-order chi connectivity index (χ0) is 19.7. The second-order valence-corrected chi connectivity index (χ2v) is 7.03. The lowest BCUT2D eigenvalue weighted by Crippen LogP contribution is -2.21. The molecule has 0 saturated carbocycles. The van der Waals surface area contributed by atoms with Crippen molar-refractivity contribution in [1.82, 2.24) is 19.6 Å². The SMILES string of the molecule is NC(=S)Nc1[nH]n2c(=O)[nH]c(=S)nc2c1Cc1ccc(-c2ccccc2)cc1. The molecule has 28 heavy (non-hydrogen) atoms. The molecule has 0 bridgehead atoms. The number of hydrogen-bond donors (Lipinski definition) is 4. The first-order chi connectivity index (χ1) is 13.5. The maximum absolute atomic E-state index is 12.2. The molecule has 0 amide bonds. The molecule has 2 heterocycles. The lowest BCUT2D eigenvalue weighted by Gasteiger charge is -2.07. The molecule has 0 radical (unpaired) electrons. The first-order valence-electron chi connectivity index (χ1n) is 8.46. The monoisotopic (exact) mass is 408 g/mol. The van der Waals surface area contributed by atoms with Crippen molar-refractivity contribution in [2.75, 3.05) is 5.32 Å². The highest BCUT2D eigenvalue weighted by Gasteiger charge is 2.16. The van der Waals surface area contributed by atoms with Crippen LogP contribution in [0.1, 0.15) is 11.1 Å². The molecule has 0 fully saturated rings. The Morgan fingerprint density at radius 1 is 1.11 bits per heavy atom. The highest BCUT2D eigenvalue weighted by molar-refractivity contribution is 7.80. The van der Waals surface area contributed by atoms with E-state index in [0.717, 1.165) is 22.3 Å². The molecule has 2 aromatic carbocycles. The van der Waals surface area contributed by atoms with Gasteiger partial charge in [-0.1, -0.05) is 54.6 Å². The summed E-state index contributed by atoms with van der Waals surface area (Å²) < 4.78 is 1.40. The van der Waals surface area contributed by atoms with E-state index in [9.17, 15) is 4.79 Å². The van der Waals surface area contributed by atoms with Crippen LogP contribution >= 0.6 is 24.4 Å². The van der Waals surface area contributed by atoms with E-state index in [1.54, 1.807) is 0 Å². The number of fused-ring (bicyclic) bond motifs is 1. The number of aromatic nitrogens is 4. The number of H-pyrrole nitrogens is 2. The number of anilines is 1. The highest BCUT2D eigenvalue weighted by atomic mass is 32.1. The Labute approximate surface area is 170 Å². The second-order valence-electron chi connectivity index (χ2n) is 6.20. The molecule has 5 N–H and O–H groups in total. The minimum atomic E-state index is -0.410. The van der Waals surface area contributed by atoms with Crippen LogP contribution in [0.15, 0.2) is 59.4 Å². The minimum absolute atomic E-state index is 0.0860. The van der Waals surface area contributed by atoms with Crippen molar-refractivity contribution in [1.29, 1.82) is 0 Å². The van der Waals surface area contributed by atoms with Crippen LogP contribution in [0.3, 0.4) is 0 Å². The van der Waals surface area contributed by atoms with E-state index in [2.05, 4.69) is 44.6 Å². The maximum Gasteiger partial charge on any atom is 0.348 e. The van der Waals surface area contributed by atoms with Crippen LogP contribution in [0.4, 0.5) is 5.82 Å². The quantitative estimate of drug-likeness (QED) is 0.387. The third-order valence-corrected chi connectivity index (χ3v) is 4.62. The Balaban J connectivity index is 1.75. The van der Waals surface area contributed by atoms with Crippen molar-refractivity contribution in [2.24, 2.45) is 5.73 Å². The average Bonchev–Trinajstić information content (AvgIpc) is 3.00. The molecule has 0 aliphatic heterocycles. The van der Waals surface area contributed by atoms with E-state index in [4.69, 9.17) is 30.2 Å². The Hall–Kier alpha value is -3.30. The molecule has 7 nitrogen and oxygen atoms in total. The normalized spacial score (nSPS) is 10.9. The molecule has 0 atom stereocenters. The number of nitrogens with zero attached hydrogens (tertiary/aromatic N) is 2. The Morgan fingerprint density at radius 3 is 2.46 bits per heavy atom. The molecule has 0 saturated heterocycles. The number of nitrogens with one attached hydrogen (secondary N) is 3. The van der Waals surface area contributed by atoms with Crippen molar-refractivity contribution < 1.29 is 0 Å². The summed E-state index contributed by atoms with van der Waals surface area (Å²) in [6, 6.07) is 18.3. The standard InChI is InChI=1S/C19H16N6OS2/c20-17(27)21-15-14(16-22-18(28)23-19(26)25(16)24-15)10-11-6-8-13(9-7-11)12-4-2-1-3-5-12/h1-9,24H,10H2,(H3,20,21,27)(H,23,26,28). The lowest BCUT2D eigenvalue weighted by atomic mass is 10.0. The average molecular weight is 409 g/mol. The van der Waals surface area contributed by atoms with Gasteiger partial charge < -0.3 is 11.1 Å². The third-order valence-electron chi connectivity index (χ3n) is 4.32. The van der Waals surface area contributed by atoms with Crippen molar-refractivity contribution in [3.8, 4) is 11.1 Å². The van der Waals surface area contributed by atoms with Crippen LogP contribution in [0, 0.1) is 4.77 Å². The minimum Gasteiger partial charge on any atom is -0.376 e. The summed E-state index contributed by atoms with van der Waals surface area (Å²) in [5.74, 6) is 0.512. The number of benzene rings is 2. The van der Waals surface area contributed by atoms with Crippen LogP contribution in [0.5, 0.6) is 0 Å². The Bertz CT molecular complexity index is 1270. The molecule has 0 spiro atoms. The predicted octanol–water partition coefficient (Wildman–Crippen LogP) is 2.99. The molecule has 140 valence electrons. The maximum atomic E-state index is 12.2. The number of hydrogen-bond acceptors (Lipinski definition) is 4. The summed E-state index contributed by atoms with van der Waals surface area (Å²) in [7, 11) is 0. The summed E-state index contributed by atoms with van der Waals surface area (Å²) >= 11 is 10.0. The molecular weight excluding hydrogens is 392 g/mol. The fourth-order valence-corrected chi connectivity index (χ4v) is 3.33. The molecule has 2 aromatic heterocycles. The van der Waals surface area contributed by atoms with Gasteiger partial charge in [-0.3, -0.25) is 10.1 Å². The van der Waals surface area contributed by atoms with Crippen LogP contribution in [0.2, 0.25) is 0 Å². The van der Waals surface area contributed by atoms with Gasteiger partial charge in [-0.25, -0.2) is 4.79 Å². The number of rotatable bonds is 4. The van der Waals surface area contributed by atoms with Crippen LogP contribution in [0.25, 0.3) is 16.8 Å². The lowest BCUT2D eigenvalue weighted by molar-refractivity contribution is 0.836. The third kappa shape index (κ3) is 3.57. The number of nitrogens with two attached hydrogens (primary N) is 1. The van der Waals surface area contributed by atoms with Gasteiger partial charge in [0.25, 0.3) is 0 Å². The van der Waals surface area contributed by atoms with Gasteiger partial charge in [-0.15, -0.1) is 0 Å². The fourth-order valence-electron chi connectivity index (χ4n) is 3.06. The van der Waals surface area contributed by atoms with E-state index in [1.165, 1.54) is 4.52 Å². The van der Waals surface area contributed by atoms with Gasteiger partial charge >= 0.3 is 5.69 Å². The van der Waals surface area contributed by atoms with E-state index in [0.29, 0.717) is 17.9 Å². The zero-order valence-electron chi connectivity index (χ0n) is 14.6. The molecular formula is C19H16N6OS2. The van der Waals surface area contributed by atoms with Crippen molar-refractivity contribution in [2.45, 2.75) is 6.42 Å². The van der Waals surface area contributed by atoms with Crippen LogP contribution in [-0.2, 0) is 6.42 Å². The smallest absolute Gasteiger partial charge is 0.348 e. The first kappa shape index (κ1) is 18.1. The van der Waals surface area contributed by atoms with E-state index < -0.39 is 5.69 Å². The zero-order valence-corrected chi connectivity index (χ0v) is 16.2. The topological polar surface area (TPSA) is 104 Å². The van der Waals surface area contributed by atoms with Gasteiger partial charge in [-0.05, 0) is 41.1 Å². The van der Waals surface area contributed by atoms with Crippen molar-refractivity contribution in [3.63, 3.8) is 0 Å². The fraction of sp³-hybridized carbons (Fsp3) is 0.0526. The summed E-state index contributed by atoms with van der Waals surface area (Å²) in [6.07, 6.45) is 0.512. The largest absolute Gasteiger partial charge is 0.376 e. The molecule has 0 aliphatic carbocycles. The highest BCUT2D eigenvalue weighted by Crippen LogP contribution is 2.24. The summed E-state index contributed by atoms with van der Waals surface area (Å²) in [6.45, 7) is 0. The summed E-state index contributed by atoms with van der Waals surface area (Å²) in [5, 5.41) is 5.89. The van der Waals surface area contributed by atoms with E-state index >= 15 is 0 Å². The Morgan fingerprint density at radius 2 is 1.79 bits per heavy atom. The first-order valence-corrected chi connectivity index (χ1v) is 9.27. The number of thiocarbonyl (C=S) groups is 1. The van der Waals surface area contributed by atoms with Gasteiger partial charge in [0, 0.05) is 12.0 Å². The van der Waals surface area contributed by atoms with E-state index in [-0.39, 0.29) is 9.88 Å². The molecule has 0 unspecified atom stereocenters. The second kappa shape index (κ2) is 7.37. The van der Waals surface area contributed by atoms with Crippen molar-refractivity contribution >= 4 is 41.0 Å². The van der Waals surface area contributed by atoms with Gasteiger partial charge in [0.2, 0.25) is 4.77 Å². The Kier molecular flexibility index (Phi) is 4.76. The van der Waals surface area contributed by atoms with Gasteiger partial charge in [0.1, 0.15) is 5.82 Å². The van der Waals surface area contributed by atoms with Crippen LogP contribution < -0.4 is 16.7 Å². The molecule has 4 aromatic rings. The summed E-state index contributed by atoms with van der Waals surface area (Å²) in [5.41, 5.74) is 9.71. The van der Waals surface area contributed by atoms with Gasteiger partial charge in [0.15, 0.2) is 10.8 Å². The molecule has 0 aliphatic rings. The van der Waals surface area contributed by atoms with Crippen LogP contribution in [-0.4, -0.2) is 24.7 Å². The van der Waals surface area contributed by atoms with Gasteiger partial charge in [0.05, 0.1) is 0 Å². The molecule has 9 heteroatoms. The van der Waals surface area contributed by atoms with Gasteiger partial charge in [-0.2, -0.15) is 9.50 Å². The predicted molar refractivity (Wildman–Crippen MR) is 116 cm³/mol. The summed E-state index contributed by atoms with van der Waals surface area (Å²) in [4.78, 5) is 19.0. The van der Waals surface area contributed by atoms with E-state index in [1.807, 2.05) is 30.3 Å². The van der Waals surface area contributed by atoms with Crippen molar-refractivity contribution in [3.05, 3.63) is 81.0 Å². The number of aromatic amines is 2.